The molecule has 0 saturated heterocycles. The summed E-state index contributed by atoms with van der Waals surface area (Å²) in [7, 11) is -4.97. The molecule has 3 heterocycles. The Hall–Kier alpha value is -4.23. The van der Waals surface area contributed by atoms with Crippen molar-refractivity contribution in [3.05, 3.63) is 64.6 Å². The predicted octanol–water partition coefficient (Wildman–Crippen LogP) is 5.74. The molecule has 1 aliphatic rings. The van der Waals surface area contributed by atoms with Gasteiger partial charge in [0.05, 0.1) is 34.0 Å². The van der Waals surface area contributed by atoms with E-state index in [0.29, 0.717) is 49.9 Å². The van der Waals surface area contributed by atoms with Gasteiger partial charge in [-0.15, -0.1) is 3.89 Å². The second-order valence-electron chi connectivity index (χ2n) is 9.88. The van der Waals surface area contributed by atoms with Gasteiger partial charge in [0.1, 0.15) is 16.3 Å². The molecule has 0 radical (unpaired) electrons. The molecule has 8 nitrogen and oxygen atoms in total. The van der Waals surface area contributed by atoms with Crippen LogP contribution < -0.4 is 10.2 Å². The van der Waals surface area contributed by atoms with E-state index < -0.39 is 15.1 Å². The van der Waals surface area contributed by atoms with Crippen LogP contribution in [0, 0.1) is 11.3 Å². The van der Waals surface area contributed by atoms with Gasteiger partial charge in [0.25, 0.3) is 0 Å². The van der Waals surface area contributed by atoms with Crippen LogP contribution in [0.5, 0.6) is 5.75 Å². The average molecular weight is 531 g/mol. The minimum absolute atomic E-state index is 0.143. The summed E-state index contributed by atoms with van der Waals surface area (Å²) in [5.41, 5.74) is 3.17. The molecule has 0 amide bonds. The second-order valence-corrected chi connectivity index (χ2v) is 11.2. The van der Waals surface area contributed by atoms with Gasteiger partial charge in [-0.05, 0) is 63.4 Å². The van der Waals surface area contributed by atoms with E-state index in [0.717, 1.165) is 30.8 Å². The van der Waals surface area contributed by atoms with Crippen molar-refractivity contribution >= 4 is 43.1 Å². The summed E-state index contributed by atoms with van der Waals surface area (Å²) in [5, 5.41) is 11.1. The minimum atomic E-state index is -4.97. The number of ether oxygens (including phenoxy) is 1. The summed E-state index contributed by atoms with van der Waals surface area (Å²) in [5.74, 6) is 0.367. The first-order valence-corrected chi connectivity index (χ1v) is 13.7. The summed E-state index contributed by atoms with van der Waals surface area (Å²) < 4.78 is 45.2. The summed E-state index contributed by atoms with van der Waals surface area (Å²) in [6.07, 6.45) is 5.07. The van der Waals surface area contributed by atoms with Crippen molar-refractivity contribution in [1.82, 2.24) is 14.5 Å². The first-order chi connectivity index (χ1) is 18.2. The molecule has 0 unspecified atom stereocenters. The Bertz CT molecular complexity index is 1980. The van der Waals surface area contributed by atoms with E-state index >= 15 is 0 Å². The number of aromatic nitrogens is 3. The Labute approximate surface area is 217 Å². The van der Waals surface area contributed by atoms with Crippen molar-refractivity contribution in [2.75, 3.05) is 0 Å². The van der Waals surface area contributed by atoms with E-state index in [2.05, 4.69) is 20.6 Å². The van der Waals surface area contributed by atoms with Crippen molar-refractivity contribution in [3.63, 3.8) is 0 Å². The smallest absolute Gasteiger partial charge is 0.333 e. The normalized spacial score (nSPS) is 14.3. The third kappa shape index (κ3) is 3.82. The Morgan fingerprint density at radius 2 is 1.95 bits per heavy atom. The van der Waals surface area contributed by atoms with Gasteiger partial charge < -0.3 is 14.3 Å². The third-order valence-corrected chi connectivity index (χ3v) is 7.87. The monoisotopic (exact) mass is 530 g/mol. The van der Waals surface area contributed by atoms with Crippen molar-refractivity contribution in [2.45, 2.75) is 50.2 Å². The number of H-pyrrole nitrogens is 1. The largest absolute Gasteiger partial charge is 0.490 e. The lowest BCUT2D eigenvalue weighted by Gasteiger charge is -2.31. The number of nitrogens with one attached hydrogen (secondary N) is 1. The number of nitrogens with zero attached hydrogens (tertiary/aromatic N) is 3. The van der Waals surface area contributed by atoms with Gasteiger partial charge in [-0.3, -0.25) is 9.78 Å². The van der Waals surface area contributed by atoms with Crippen LogP contribution in [-0.2, 0) is 10.2 Å². The Kier molecular flexibility index (Phi) is 5.50. The molecule has 10 heteroatoms. The van der Waals surface area contributed by atoms with Crippen LogP contribution in [0.2, 0.25) is 0 Å². The maximum Gasteiger partial charge on any atom is 0.333 e. The average Bonchev–Trinajstić information content (AvgIpc) is 3.23. The van der Waals surface area contributed by atoms with Crippen molar-refractivity contribution < 1.29 is 17.0 Å². The molecular formula is C28H23FN4O4S. The Morgan fingerprint density at radius 3 is 2.61 bits per heavy atom. The minimum Gasteiger partial charge on any atom is -0.490 e. The lowest BCUT2D eigenvalue weighted by Crippen LogP contribution is -2.21. The summed E-state index contributed by atoms with van der Waals surface area (Å²) in [6.45, 7) is 3.69. The quantitative estimate of drug-likeness (QED) is 0.290. The molecule has 3 aromatic heterocycles. The fourth-order valence-electron chi connectivity index (χ4n) is 5.17. The number of nitriles is 1. The molecule has 0 atom stereocenters. The highest BCUT2D eigenvalue weighted by molar-refractivity contribution is 7.86. The number of aromatic amines is 1. The van der Waals surface area contributed by atoms with Crippen LogP contribution in [0.4, 0.5) is 3.89 Å². The van der Waals surface area contributed by atoms with Gasteiger partial charge in [-0.1, -0.05) is 6.07 Å². The molecule has 192 valence electrons. The van der Waals surface area contributed by atoms with Crippen LogP contribution in [0.3, 0.4) is 0 Å². The summed E-state index contributed by atoms with van der Waals surface area (Å²) >= 11 is 0. The number of fused-ring (bicyclic) bond motifs is 4. The highest BCUT2D eigenvalue weighted by Gasteiger charge is 2.27. The number of hydrogen-bond donors (Lipinski definition) is 1. The number of benzene rings is 2. The van der Waals surface area contributed by atoms with Crippen LogP contribution in [0.15, 0.2) is 58.5 Å². The molecule has 1 N–H and O–H groups in total. The fourth-order valence-corrected chi connectivity index (χ4v) is 5.62. The van der Waals surface area contributed by atoms with Crippen LogP contribution in [0.1, 0.15) is 44.7 Å². The van der Waals surface area contributed by atoms with E-state index in [-0.39, 0.29) is 17.6 Å². The van der Waals surface area contributed by atoms with E-state index in [1.54, 1.807) is 30.3 Å². The van der Waals surface area contributed by atoms with Gasteiger partial charge in [0.15, 0.2) is 5.43 Å². The molecule has 1 aliphatic carbocycles. The van der Waals surface area contributed by atoms with Crippen molar-refractivity contribution in [3.8, 4) is 22.9 Å². The molecule has 1 saturated carbocycles. The first-order valence-electron chi connectivity index (χ1n) is 12.3. The summed E-state index contributed by atoms with van der Waals surface area (Å²) in [6, 6.07) is 12.2. The highest BCUT2D eigenvalue weighted by Crippen LogP contribution is 2.41. The van der Waals surface area contributed by atoms with Gasteiger partial charge in [-0.25, -0.2) is 0 Å². The maximum absolute atomic E-state index is 14.0. The predicted molar refractivity (Wildman–Crippen MR) is 142 cm³/mol. The van der Waals surface area contributed by atoms with E-state index in [4.69, 9.17) is 4.74 Å². The Balaban J connectivity index is 1.74. The molecule has 38 heavy (non-hydrogen) atoms. The van der Waals surface area contributed by atoms with Gasteiger partial charge in [0.2, 0.25) is 0 Å². The van der Waals surface area contributed by atoms with E-state index in [1.807, 2.05) is 13.8 Å². The maximum atomic E-state index is 14.0. The lowest BCUT2D eigenvalue weighted by molar-refractivity contribution is 0.244. The number of rotatable bonds is 5. The molecule has 0 spiro atoms. The highest BCUT2D eigenvalue weighted by atomic mass is 32.3. The van der Waals surface area contributed by atoms with Gasteiger partial charge in [0, 0.05) is 40.5 Å². The standard InChI is InChI=1S/C28H23FN4O4S/c1-15(2)37-25-11-22-24(10-21(25)17-9-19(14-31-13-17)38(29,35)36)33(18-4-3-5-18)28-26(27(22)34)20-7-6-16(12-30)8-23(20)32-28/h6-11,13-15,18,32H,3-5H2,1-2H3. The summed E-state index contributed by atoms with van der Waals surface area (Å²) in [4.78, 5) is 20.7. The first kappa shape index (κ1) is 24.1. The lowest BCUT2D eigenvalue weighted by atomic mass is 9.91. The van der Waals surface area contributed by atoms with Crippen LogP contribution in [0.25, 0.3) is 44.0 Å². The molecule has 0 aliphatic heterocycles. The molecule has 0 bridgehead atoms. The van der Waals surface area contributed by atoms with Crippen LogP contribution >= 0.6 is 0 Å². The SMILES string of the molecule is CC(C)Oc1cc2c(=O)c3c4ccc(C#N)cc4[nH]c3n(C3CCC3)c2cc1-c1cncc(S(=O)(=O)F)c1. The van der Waals surface area contributed by atoms with E-state index in [9.17, 15) is 22.4 Å². The third-order valence-electron chi connectivity index (χ3n) is 7.09. The number of halogens is 1. The topological polar surface area (TPSA) is 118 Å². The molecule has 2 aromatic carbocycles. The van der Waals surface area contributed by atoms with E-state index in [1.165, 1.54) is 12.3 Å². The van der Waals surface area contributed by atoms with Crippen molar-refractivity contribution in [1.29, 1.82) is 5.26 Å². The second kappa shape index (κ2) is 8.67. The zero-order chi connectivity index (χ0) is 26.8. The van der Waals surface area contributed by atoms with Crippen molar-refractivity contribution in [2.24, 2.45) is 0 Å². The number of pyridine rings is 2. The fraction of sp³-hybridized carbons (Fsp3) is 0.250. The van der Waals surface area contributed by atoms with Gasteiger partial charge >= 0.3 is 10.2 Å². The van der Waals surface area contributed by atoms with Gasteiger partial charge in [-0.2, -0.15) is 13.7 Å². The molecule has 1 fully saturated rings. The molecule has 6 rings (SSSR count). The zero-order valence-electron chi connectivity index (χ0n) is 20.7. The Morgan fingerprint density at radius 1 is 1.16 bits per heavy atom. The number of hydrogen-bond acceptors (Lipinski definition) is 6. The molecule has 5 aromatic rings. The van der Waals surface area contributed by atoms with Crippen LogP contribution in [-0.4, -0.2) is 29.1 Å². The molecular weight excluding hydrogens is 507 g/mol. The zero-order valence-corrected chi connectivity index (χ0v) is 21.5.